The number of allylic oxidation sites excluding steroid dienone is 1. The van der Waals surface area contributed by atoms with Gasteiger partial charge in [0.1, 0.15) is 30.8 Å². The highest BCUT2D eigenvalue weighted by Gasteiger charge is 2.65. The summed E-state index contributed by atoms with van der Waals surface area (Å²) in [4.78, 5) is 22.3. The summed E-state index contributed by atoms with van der Waals surface area (Å²) < 4.78 is 37.6. The van der Waals surface area contributed by atoms with Crippen molar-refractivity contribution in [1.29, 1.82) is 0 Å². The molecule has 60 heavy (non-hydrogen) atoms. The zero-order valence-electron chi connectivity index (χ0n) is 34.4. The van der Waals surface area contributed by atoms with Gasteiger partial charge in [-0.25, -0.2) is 4.79 Å². The Labute approximate surface area is 352 Å². The van der Waals surface area contributed by atoms with Crippen molar-refractivity contribution in [1.82, 2.24) is 4.90 Å². The number of aliphatic hydroxyl groups excluding tert-OH is 2. The van der Waals surface area contributed by atoms with Crippen LogP contribution in [0.15, 0.2) is 96.2 Å². The van der Waals surface area contributed by atoms with E-state index < -0.39 is 23.8 Å². The number of nitrogens with zero attached hydrogens (tertiary/aromatic N) is 2. The van der Waals surface area contributed by atoms with E-state index in [2.05, 4.69) is 12.7 Å². The predicted octanol–water partition coefficient (Wildman–Crippen LogP) is 7.63. The first-order valence-electron chi connectivity index (χ1n) is 21.2. The lowest BCUT2D eigenvalue weighted by molar-refractivity contribution is -0.256. The monoisotopic (exact) mass is 826 g/mol. The van der Waals surface area contributed by atoms with Crippen LogP contribution in [0.25, 0.3) is 0 Å². The minimum absolute atomic E-state index is 0.000935. The number of amides is 1. The van der Waals surface area contributed by atoms with E-state index in [1.54, 1.807) is 29.2 Å². The van der Waals surface area contributed by atoms with Gasteiger partial charge >= 0.3 is 6.09 Å². The molecule has 0 saturated heterocycles. The van der Waals surface area contributed by atoms with Gasteiger partial charge in [0.2, 0.25) is 12.6 Å². The van der Waals surface area contributed by atoms with Crippen LogP contribution in [0.4, 0.5) is 4.79 Å². The van der Waals surface area contributed by atoms with Crippen LogP contribution in [0.3, 0.4) is 0 Å². The number of carbonyl (C=O) groups excluding carboxylic acids is 1. The van der Waals surface area contributed by atoms with Gasteiger partial charge in [0, 0.05) is 37.7 Å². The highest BCUT2D eigenvalue weighted by molar-refractivity contribution is 6.03. The molecule has 6 atom stereocenters. The van der Waals surface area contributed by atoms with Gasteiger partial charge in [-0.1, -0.05) is 66.5 Å². The maximum Gasteiger partial charge on any atom is 0.410 e. The zero-order valence-corrected chi connectivity index (χ0v) is 34.4. The van der Waals surface area contributed by atoms with Crippen molar-refractivity contribution in [2.45, 2.75) is 82.8 Å². The molecule has 1 saturated carbocycles. The Bertz CT molecular complexity index is 1970. The Balaban J connectivity index is 1.34. The second-order valence-corrected chi connectivity index (χ2v) is 15.7. The Hall–Kier alpha value is -5.08. The molecule has 2 aliphatic heterocycles. The molecule has 4 aliphatic rings. The van der Waals surface area contributed by atoms with E-state index in [9.17, 15) is 20.1 Å². The van der Waals surface area contributed by atoms with Gasteiger partial charge in [0.05, 0.1) is 31.5 Å². The van der Waals surface area contributed by atoms with Gasteiger partial charge in [-0.2, -0.15) is 0 Å². The van der Waals surface area contributed by atoms with Crippen molar-refractivity contribution in [3.05, 3.63) is 108 Å². The molecule has 0 aromatic heterocycles. The van der Waals surface area contributed by atoms with Gasteiger partial charge in [-0.3, -0.25) is 4.90 Å². The fourth-order valence-corrected chi connectivity index (χ4v) is 9.37. The number of benzene rings is 3. The first-order valence-corrected chi connectivity index (χ1v) is 21.2. The van der Waals surface area contributed by atoms with E-state index in [-0.39, 0.29) is 76.3 Å². The van der Waals surface area contributed by atoms with Crippen molar-refractivity contribution in [3.63, 3.8) is 0 Å². The lowest BCUT2D eigenvalue weighted by atomic mass is 9.55. The second-order valence-electron chi connectivity index (χ2n) is 15.7. The number of fused-ring (bicyclic) bond motifs is 3. The predicted molar refractivity (Wildman–Crippen MR) is 224 cm³/mol. The number of unbranched alkanes of at least 4 members (excludes halogenated alkanes) is 2. The summed E-state index contributed by atoms with van der Waals surface area (Å²) in [5, 5.41) is 35.4. The fourth-order valence-electron chi connectivity index (χ4n) is 9.37. The van der Waals surface area contributed by atoms with E-state index in [0.717, 1.165) is 47.9 Å². The molecule has 3 aromatic rings. The molecule has 13 heteroatoms. The molecule has 6 unspecified atom stereocenters. The summed E-state index contributed by atoms with van der Waals surface area (Å²) in [6.45, 7) is 7.24. The average Bonchev–Trinajstić information content (AvgIpc) is 3.74. The summed E-state index contributed by atoms with van der Waals surface area (Å²) in [6.07, 6.45) is 8.03. The number of hydrogen-bond acceptors (Lipinski definition) is 12. The number of oxime groups is 1. The minimum atomic E-state index is -1.50. The van der Waals surface area contributed by atoms with E-state index >= 15 is 0 Å². The maximum absolute atomic E-state index is 14.8. The van der Waals surface area contributed by atoms with Crippen LogP contribution in [0, 0.1) is 17.8 Å². The van der Waals surface area contributed by atoms with Crippen LogP contribution in [0.1, 0.15) is 74.5 Å². The average molecular weight is 827 g/mol. The fraction of sp³-hybridized carbons (Fsp3) is 0.489. The van der Waals surface area contributed by atoms with Crippen LogP contribution in [-0.4, -0.2) is 90.3 Å². The third-order valence-corrected chi connectivity index (χ3v) is 11.9. The van der Waals surface area contributed by atoms with Crippen LogP contribution in [0.2, 0.25) is 0 Å². The molecule has 0 radical (unpaired) electrons. The highest BCUT2D eigenvalue weighted by atomic mass is 16.7. The molecule has 1 amide bonds. The summed E-state index contributed by atoms with van der Waals surface area (Å²) in [5.74, 6) is -0.369. The number of carbonyl (C=O) groups is 1. The number of rotatable bonds is 21. The Morgan fingerprint density at radius 3 is 2.52 bits per heavy atom. The molecule has 0 bridgehead atoms. The normalized spacial score (nSPS) is 24.1. The Kier molecular flexibility index (Phi) is 14.7. The van der Waals surface area contributed by atoms with Crippen LogP contribution >= 0.6 is 0 Å². The molecule has 2 heterocycles. The Morgan fingerprint density at radius 2 is 1.73 bits per heavy atom. The molecule has 13 nitrogen and oxygen atoms in total. The second kappa shape index (κ2) is 20.5. The zero-order chi connectivity index (χ0) is 41.9. The molecule has 1 fully saturated rings. The molecule has 0 spiro atoms. The first kappa shape index (κ1) is 43.0. The number of aromatic hydroxyl groups is 1. The third-order valence-electron chi connectivity index (χ3n) is 11.9. The van der Waals surface area contributed by atoms with E-state index in [0.29, 0.717) is 49.0 Å². The van der Waals surface area contributed by atoms with Crippen LogP contribution < -0.4 is 14.2 Å². The van der Waals surface area contributed by atoms with Crippen LogP contribution in [-0.2, 0) is 32.2 Å². The van der Waals surface area contributed by atoms with Gasteiger partial charge in [-0.05, 0) is 91.5 Å². The van der Waals surface area contributed by atoms with Crippen molar-refractivity contribution < 1.29 is 53.4 Å². The van der Waals surface area contributed by atoms with E-state index in [4.69, 9.17) is 38.4 Å². The minimum Gasteiger partial charge on any atom is -0.508 e. The standard InChI is InChI=1S/C47H58N2O11/c1-3-22-58-47-43(49(29-33-16-18-41-42(25-33)57-31-56-41)46(53)55-24-23-54-30-32-12-6-5-7-13-32)28-39(48-59-4-2)37-26-34(14-8-10-20-50)36(15-9-11-21-51)44(45(37)47)38-27-35(52)17-19-40(38)60-47/h3,5-7,12-13,16-19,25-27,34,36,43-45,50-52H,1,4,8-11,14-15,20-24,28-31H2,2H3. The number of aliphatic hydroxyl groups is 2. The summed E-state index contributed by atoms with van der Waals surface area (Å²) in [5.41, 5.74) is 4.18. The molecule has 7 rings (SSSR count). The van der Waals surface area contributed by atoms with Gasteiger partial charge < -0.3 is 48.6 Å². The summed E-state index contributed by atoms with van der Waals surface area (Å²) >= 11 is 0. The first-order chi connectivity index (χ1) is 29.4. The smallest absolute Gasteiger partial charge is 0.410 e. The molecule has 2 aliphatic carbocycles. The SMILES string of the molecule is C=CCOC12Oc3ccc(O)cc3C3C(CCCCO)C(CCCCO)C=C(C(=NOCC)CC1N(Cc1ccc4c(c1)OCO4)C(=O)OCCOCc1ccccc1)C32. The van der Waals surface area contributed by atoms with Crippen molar-refractivity contribution in [2.75, 3.05) is 46.4 Å². The molecular formula is C47H58N2O11. The highest BCUT2D eigenvalue weighted by Crippen LogP contribution is 2.62. The van der Waals surface area contributed by atoms with Gasteiger partial charge in [0.15, 0.2) is 11.5 Å². The lowest BCUT2D eigenvalue weighted by Crippen LogP contribution is -2.70. The van der Waals surface area contributed by atoms with E-state index in [1.165, 1.54) is 0 Å². The van der Waals surface area contributed by atoms with Crippen molar-refractivity contribution in [2.24, 2.45) is 22.9 Å². The lowest BCUT2D eigenvalue weighted by Gasteiger charge is -2.59. The number of phenols is 1. The van der Waals surface area contributed by atoms with Crippen molar-refractivity contribution >= 4 is 11.8 Å². The molecule has 3 aromatic carbocycles. The molecule has 322 valence electrons. The number of phenolic OH excluding ortho intramolecular Hbond substituents is 1. The molecular weight excluding hydrogens is 769 g/mol. The van der Waals surface area contributed by atoms with E-state index in [1.807, 2.05) is 55.5 Å². The Morgan fingerprint density at radius 1 is 0.950 bits per heavy atom. The summed E-state index contributed by atoms with van der Waals surface area (Å²) in [7, 11) is 0. The van der Waals surface area contributed by atoms with Crippen molar-refractivity contribution in [3.8, 4) is 23.0 Å². The maximum atomic E-state index is 14.8. The molecule has 3 N–H and O–H groups in total. The van der Waals surface area contributed by atoms with Gasteiger partial charge in [0.25, 0.3) is 0 Å². The van der Waals surface area contributed by atoms with Gasteiger partial charge in [-0.15, -0.1) is 6.58 Å². The largest absolute Gasteiger partial charge is 0.508 e. The third kappa shape index (κ3) is 9.44. The quantitative estimate of drug-likeness (QED) is 0.0551. The topological polar surface area (TPSA) is 158 Å². The van der Waals surface area contributed by atoms with Crippen LogP contribution in [0.5, 0.6) is 23.0 Å². The summed E-state index contributed by atoms with van der Waals surface area (Å²) in [6, 6.07) is 19.7. The number of ether oxygens (including phenoxy) is 6. The number of hydrogen-bond donors (Lipinski definition) is 3.